The fourth-order valence-corrected chi connectivity index (χ4v) is 2.48. The summed E-state index contributed by atoms with van der Waals surface area (Å²) in [6.07, 6.45) is 0. The number of hydrogen-bond donors (Lipinski definition) is 0. The summed E-state index contributed by atoms with van der Waals surface area (Å²) < 4.78 is 0. The molecule has 0 saturated carbocycles. The topological polar surface area (TPSA) is 41.9 Å². The summed E-state index contributed by atoms with van der Waals surface area (Å²) in [6, 6.07) is 1.99. The van der Waals surface area contributed by atoms with Crippen LogP contribution in [0, 0.1) is 20.8 Å². The molecule has 0 unspecified atom stereocenters. The maximum Gasteiger partial charge on any atom is 0.132 e. The number of hydrogen-bond acceptors (Lipinski definition) is 5. The number of nitrogens with zero attached hydrogens (tertiary/aromatic N) is 4. The van der Waals surface area contributed by atoms with E-state index in [2.05, 4.69) is 25.2 Å². The summed E-state index contributed by atoms with van der Waals surface area (Å²) in [5.41, 5.74) is 2.07. The van der Waals surface area contributed by atoms with Crippen LogP contribution in [0.2, 0.25) is 0 Å². The van der Waals surface area contributed by atoms with Crippen molar-refractivity contribution < 1.29 is 0 Å². The Morgan fingerprint density at radius 3 is 2.47 bits per heavy atom. The first kappa shape index (κ1) is 12.0. The lowest BCUT2D eigenvalue weighted by atomic mass is 10.4. The van der Waals surface area contributed by atoms with Gasteiger partial charge in [0, 0.05) is 29.9 Å². The molecule has 0 aliphatic rings. The number of aryl methyl sites for hydroxylation is 3. The summed E-state index contributed by atoms with van der Waals surface area (Å²) in [5, 5.41) is 3.18. The minimum Gasteiger partial charge on any atom is -0.353 e. The Morgan fingerprint density at radius 1 is 1.12 bits per heavy atom. The lowest BCUT2D eigenvalue weighted by Crippen LogP contribution is -2.18. The van der Waals surface area contributed by atoms with Gasteiger partial charge in [-0.3, -0.25) is 0 Å². The second-order valence-electron chi connectivity index (χ2n) is 4.15. The highest BCUT2D eigenvalue weighted by atomic mass is 32.1. The molecule has 0 fully saturated rings. The molecule has 0 aliphatic heterocycles. The zero-order valence-electron chi connectivity index (χ0n) is 10.6. The summed E-state index contributed by atoms with van der Waals surface area (Å²) in [5.74, 6) is 1.75. The molecular formula is C12H16N4S. The maximum absolute atomic E-state index is 4.45. The quantitative estimate of drug-likeness (QED) is 0.837. The second kappa shape index (κ2) is 4.79. The number of rotatable bonds is 3. The Kier molecular flexibility index (Phi) is 3.38. The van der Waals surface area contributed by atoms with Gasteiger partial charge in [0.25, 0.3) is 0 Å². The number of thiazole rings is 1. The van der Waals surface area contributed by atoms with Gasteiger partial charge in [-0.2, -0.15) is 0 Å². The van der Waals surface area contributed by atoms with Crippen LogP contribution >= 0.6 is 11.3 Å². The third-order valence-corrected chi connectivity index (χ3v) is 3.33. The first-order valence-corrected chi connectivity index (χ1v) is 6.37. The fraction of sp³-hybridized carbons (Fsp3) is 0.417. The highest BCUT2D eigenvalue weighted by Gasteiger charge is 2.07. The maximum atomic E-state index is 4.45. The van der Waals surface area contributed by atoms with Gasteiger partial charge in [-0.1, -0.05) is 0 Å². The minimum absolute atomic E-state index is 0.786. The van der Waals surface area contributed by atoms with Gasteiger partial charge in [0.15, 0.2) is 0 Å². The molecule has 0 spiro atoms. The lowest BCUT2D eigenvalue weighted by Gasteiger charge is -2.17. The van der Waals surface area contributed by atoms with Crippen molar-refractivity contribution in [2.24, 2.45) is 0 Å². The van der Waals surface area contributed by atoms with Crippen LogP contribution in [0.15, 0.2) is 11.4 Å². The highest BCUT2D eigenvalue weighted by molar-refractivity contribution is 7.09. The number of anilines is 1. The van der Waals surface area contributed by atoms with E-state index in [0.717, 1.165) is 34.6 Å². The normalized spacial score (nSPS) is 10.6. The molecule has 2 rings (SSSR count). The van der Waals surface area contributed by atoms with E-state index in [0.29, 0.717) is 0 Å². The van der Waals surface area contributed by atoms with Crippen LogP contribution in [-0.2, 0) is 6.54 Å². The van der Waals surface area contributed by atoms with Gasteiger partial charge in [0.2, 0.25) is 0 Å². The third-order valence-electron chi connectivity index (χ3n) is 2.38. The Morgan fingerprint density at radius 2 is 1.88 bits per heavy atom. The van der Waals surface area contributed by atoms with Gasteiger partial charge in [0.05, 0.1) is 6.54 Å². The summed E-state index contributed by atoms with van der Waals surface area (Å²) in [4.78, 5) is 15.3. The van der Waals surface area contributed by atoms with Crippen molar-refractivity contribution in [3.8, 4) is 0 Å². The second-order valence-corrected chi connectivity index (χ2v) is 5.10. The standard InChI is InChI=1S/C12H16N4S/c1-8-5-11(15-10(3)13-8)16(4)6-12-14-9(2)7-17-12/h5,7H,6H2,1-4H3. The van der Waals surface area contributed by atoms with Crippen LogP contribution in [0.5, 0.6) is 0 Å². The van der Waals surface area contributed by atoms with E-state index in [1.54, 1.807) is 11.3 Å². The molecule has 0 radical (unpaired) electrons. The Labute approximate surface area is 105 Å². The molecule has 0 aromatic carbocycles. The molecule has 0 atom stereocenters. The molecule has 0 saturated heterocycles. The SMILES string of the molecule is Cc1cc(N(C)Cc2nc(C)cs2)nc(C)n1. The molecule has 90 valence electrons. The van der Waals surface area contributed by atoms with Crippen LogP contribution in [0.25, 0.3) is 0 Å². The molecule has 2 heterocycles. The molecule has 2 aromatic rings. The molecule has 4 nitrogen and oxygen atoms in total. The zero-order chi connectivity index (χ0) is 12.4. The number of aromatic nitrogens is 3. The van der Waals surface area contributed by atoms with E-state index in [4.69, 9.17) is 0 Å². The van der Waals surface area contributed by atoms with Crippen LogP contribution in [0.3, 0.4) is 0 Å². The van der Waals surface area contributed by atoms with Crippen LogP contribution in [0.4, 0.5) is 5.82 Å². The summed E-state index contributed by atoms with van der Waals surface area (Å²) >= 11 is 1.68. The molecule has 2 aromatic heterocycles. The predicted octanol–water partition coefficient (Wildman–Crippen LogP) is 2.49. The van der Waals surface area contributed by atoms with Gasteiger partial charge in [-0.05, 0) is 20.8 Å². The molecule has 0 bridgehead atoms. The smallest absolute Gasteiger partial charge is 0.132 e. The molecule has 0 aliphatic carbocycles. The Bertz CT molecular complexity index is 501. The van der Waals surface area contributed by atoms with Crippen molar-refractivity contribution >= 4 is 17.2 Å². The van der Waals surface area contributed by atoms with Gasteiger partial charge in [0.1, 0.15) is 16.6 Å². The first-order valence-electron chi connectivity index (χ1n) is 5.49. The Hall–Kier alpha value is -1.49. The fourth-order valence-electron chi connectivity index (χ4n) is 1.65. The zero-order valence-corrected chi connectivity index (χ0v) is 11.4. The molecule has 17 heavy (non-hydrogen) atoms. The molecule has 0 N–H and O–H groups in total. The molecule has 0 amide bonds. The van der Waals surface area contributed by atoms with E-state index in [1.807, 2.05) is 33.9 Å². The van der Waals surface area contributed by atoms with Crippen molar-refractivity contribution in [2.45, 2.75) is 27.3 Å². The van der Waals surface area contributed by atoms with Crippen molar-refractivity contribution in [3.63, 3.8) is 0 Å². The largest absolute Gasteiger partial charge is 0.353 e. The van der Waals surface area contributed by atoms with Crippen LogP contribution in [-0.4, -0.2) is 22.0 Å². The van der Waals surface area contributed by atoms with Crippen molar-refractivity contribution in [3.05, 3.63) is 33.7 Å². The highest BCUT2D eigenvalue weighted by Crippen LogP contribution is 2.16. The van der Waals surface area contributed by atoms with Gasteiger partial charge < -0.3 is 4.90 Å². The minimum atomic E-state index is 0.786. The van der Waals surface area contributed by atoms with E-state index in [1.165, 1.54) is 0 Å². The van der Waals surface area contributed by atoms with Crippen LogP contribution in [0.1, 0.15) is 22.2 Å². The van der Waals surface area contributed by atoms with Crippen molar-refractivity contribution in [1.82, 2.24) is 15.0 Å². The van der Waals surface area contributed by atoms with Gasteiger partial charge in [-0.15, -0.1) is 11.3 Å². The predicted molar refractivity (Wildman–Crippen MR) is 70.5 cm³/mol. The third kappa shape index (κ3) is 3.00. The summed E-state index contributed by atoms with van der Waals surface area (Å²) in [7, 11) is 2.03. The monoisotopic (exact) mass is 248 g/mol. The van der Waals surface area contributed by atoms with Crippen molar-refractivity contribution in [1.29, 1.82) is 0 Å². The van der Waals surface area contributed by atoms with Crippen molar-refractivity contribution in [2.75, 3.05) is 11.9 Å². The molecule has 5 heteroatoms. The van der Waals surface area contributed by atoms with Crippen LogP contribution < -0.4 is 4.90 Å². The first-order chi connectivity index (χ1) is 8.04. The Balaban J connectivity index is 2.16. The van der Waals surface area contributed by atoms with E-state index in [9.17, 15) is 0 Å². The van der Waals surface area contributed by atoms with E-state index in [-0.39, 0.29) is 0 Å². The lowest BCUT2D eigenvalue weighted by molar-refractivity contribution is 0.862. The van der Waals surface area contributed by atoms with Gasteiger partial charge in [-0.25, -0.2) is 15.0 Å². The van der Waals surface area contributed by atoms with Gasteiger partial charge >= 0.3 is 0 Å². The molecular weight excluding hydrogens is 232 g/mol. The average Bonchev–Trinajstić information content (AvgIpc) is 2.62. The summed E-state index contributed by atoms with van der Waals surface area (Å²) in [6.45, 7) is 6.70. The average molecular weight is 248 g/mol. The van der Waals surface area contributed by atoms with E-state index >= 15 is 0 Å². The van der Waals surface area contributed by atoms with E-state index < -0.39 is 0 Å².